The first kappa shape index (κ1) is 23.3. The molecule has 2 N–H and O–H groups in total. The largest absolute Gasteiger partial charge is 0.356 e. The van der Waals surface area contributed by atoms with E-state index >= 15 is 0 Å². The fourth-order valence-electron chi connectivity index (χ4n) is 2.43. The van der Waals surface area contributed by atoms with Crippen molar-refractivity contribution in [2.24, 2.45) is 4.99 Å². The summed E-state index contributed by atoms with van der Waals surface area (Å²) in [6, 6.07) is 0.292. The minimum Gasteiger partial charge on any atom is -0.356 e. The molecule has 0 saturated carbocycles. The molecule has 0 unspecified atom stereocenters. The molecule has 0 spiro atoms. The minimum atomic E-state index is -3.04. The zero-order valence-corrected chi connectivity index (χ0v) is 18.3. The van der Waals surface area contributed by atoms with Crippen LogP contribution in [0.4, 0.5) is 0 Å². The molecule has 6 nitrogen and oxygen atoms in total. The van der Waals surface area contributed by atoms with E-state index < -0.39 is 10.0 Å². The van der Waals surface area contributed by atoms with E-state index in [1.54, 1.807) is 18.3 Å². The van der Waals surface area contributed by atoms with Gasteiger partial charge in [-0.1, -0.05) is 0 Å². The van der Waals surface area contributed by atoms with Crippen LogP contribution in [0.1, 0.15) is 32.6 Å². The number of rotatable bonds is 8. The second-order valence-corrected chi connectivity index (χ2v) is 8.66. The standard InChI is InChI=1S/C14H30N4O2S2.HI/c1-4-22(19,20)18-10-7-13(8-11-18)17-14(15-2)16-9-5-6-12-21-3;/h13H,4-12H2,1-3H3,(H2,15,16,17);1H. The van der Waals surface area contributed by atoms with Crippen molar-refractivity contribution >= 4 is 51.7 Å². The van der Waals surface area contributed by atoms with Gasteiger partial charge in [-0.05, 0) is 44.6 Å². The van der Waals surface area contributed by atoms with E-state index in [1.165, 1.54) is 12.2 Å². The lowest BCUT2D eigenvalue weighted by Crippen LogP contribution is -2.50. The topological polar surface area (TPSA) is 73.8 Å². The number of thioether (sulfide) groups is 1. The van der Waals surface area contributed by atoms with Crippen LogP contribution in [0.25, 0.3) is 0 Å². The average Bonchev–Trinajstić information content (AvgIpc) is 2.54. The molecule has 0 radical (unpaired) electrons. The van der Waals surface area contributed by atoms with E-state index in [-0.39, 0.29) is 29.7 Å². The van der Waals surface area contributed by atoms with E-state index in [0.717, 1.165) is 31.8 Å². The normalized spacial score (nSPS) is 17.6. The number of halogens is 1. The molecule has 23 heavy (non-hydrogen) atoms. The van der Waals surface area contributed by atoms with Gasteiger partial charge in [-0.3, -0.25) is 4.99 Å². The molecule has 0 aromatic carbocycles. The maximum absolute atomic E-state index is 11.8. The number of nitrogens with zero attached hydrogens (tertiary/aromatic N) is 2. The van der Waals surface area contributed by atoms with Crippen molar-refractivity contribution in [1.82, 2.24) is 14.9 Å². The van der Waals surface area contributed by atoms with E-state index in [9.17, 15) is 8.42 Å². The molecule has 0 amide bonds. The van der Waals surface area contributed by atoms with Gasteiger partial charge in [0.15, 0.2) is 5.96 Å². The summed E-state index contributed by atoms with van der Waals surface area (Å²) >= 11 is 1.87. The van der Waals surface area contributed by atoms with Gasteiger partial charge in [-0.15, -0.1) is 24.0 Å². The van der Waals surface area contributed by atoms with Crippen LogP contribution in [0, 0.1) is 0 Å². The number of aliphatic imine (C=N–C) groups is 1. The molecule has 0 atom stereocenters. The first-order valence-electron chi connectivity index (χ1n) is 7.97. The summed E-state index contributed by atoms with van der Waals surface area (Å²) in [6.07, 6.45) is 6.12. The summed E-state index contributed by atoms with van der Waals surface area (Å²) in [5.41, 5.74) is 0. The van der Waals surface area contributed by atoms with Gasteiger partial charge in [0.25, 0.3) is 0 Å². The van der Waals surface area contributed by atoms with Gasteiger partial charge in [0.05, 0.1) is 5.75 Å². The molecule has 0 aromatic heterocycles. The van der Waals surface area contributed by atoms with E-state index in [0.29, 0.717) is 19.1 Å². The lowest BCUT2D eigenvalue weighted by Gasteiger charge is -2.32. The van der Waals surface area contributed by atoms with Gasteiger partial charge < -0.3 is 10.6 Å². The van der Waals surface area contributed by atoms with Gasteiger partial charge in [-0.2, -0.15) is 11.8 Å². The third-order valence-electron chi connectivity index (χ3n) is 3.84. The summed E-state index contributed by atoms with van der Waals surface area (Å²) in [6.45, 7) is 3.81. The molecule has 1 heterocycles. The Kier molecular flexibility index (Phi) is 12.7. The SMILES string of the molecule is CCS(=O)(=O)N1CCC(NC(=NC)NCCCCSC)CC1.I. The van der Waals surface area contributed by atoms with Crippen molar-refractivity contribution in [1.29, 1.82) is 0 Å². The molecular formula is C14H31IN4O2S2. The van der Waals surface area contributed by atoms with Crippen LogP contribution in [0.2, 0.25) is 0 Å². The van der Waals surface area contributed by atoms with Gasteiger partial charge in [0.2, 0.25) is 10.0 Å². The van der Waals surface area contributed by atoms with E-state index in [1.807, 2.05) is 11.8 Å². The van der Waals surface area contributed by atoms with Crippen molar-refractivity contribution in [2.75, 3.05) is 44.4 Å². The van der Waals surface area contributed by atoms with Crippen LogP contribution in [0.5, 0.6) is 0 Å². The lowest BCUT2D eigenvalue weighted by molar-refractivity contribution is 0.306. The number of guanidine groups is 1. The van der Waals surface area contributed by atoms with E-state index in [2.05, 4.69) is 21.9 Å². The number of nitrogens with one attached hydrogen (secondary N) is 2. The summed E-state index contributed by atoms with van der Waals surface area (Å²) in [5, 5.41) is 6.72. The number of sulfonamides is 1. The molecule has 1 rings (SSSR count). The molecule has 0 aliphatic carbocycles. The highest BCUT2D eigenvalue weighted by Crippen LogP contribution is 2.14. The van der Waals surface area contributed by atoms with Crippen LogP contribution in [0.3, 0.4) is 0 Å². The van der Waals surface area contributed by atoms with Crippen LogP contribution >= 0.6 is 35.7 Å². The summed E-state index contributed by atoms with van der Waals surface area (Å²) < 4.78 is 25.3. The molecule has 0 aromatic rings. The van der Waals surface area contributed by atoms with E-state index in [4.69, 9.17) is 0 Å². The quantitative estimate of drug-likeness (QED) is 0.241. The smallest absolute Gasteiger partial charge is 0.213 e. The molecule has 138 valence electrons. The Morgan fingerprint density at radius 2 is 1.96 bits per heavy atom. The number of unbranched alkanes of at least 4 members (excludes halogenated alkanes) is 1. The Bertz CT molecular complexity index is 438. The highest BCUT2D eigenvalue weighted by atomic mass is 127. The average molecular weight is 478 g/mol. The van der Waals surface area contributed by atoms with Crippen molar-refractivity contribution in [3.63, 3.8) is 0 Å². The molecule has 9 heteroatoms. The Hall–Kier alpha value is 0.260. The Morgan fingerprint density at radius 1 is 1.30 bits per heavy atom. The van der Waals surface area contributed by atoms with Crippen LogP contribution in [-0.4, -0.2) is 69.2 Å². The molecule has 1 aliphatic heterocycles. The van der Waals surface area contributed by atoms with Crippen molar-refractivity contribution in [3.8, 4) is 0 Å². The summed E-state index contributed by atoms with van der Waals surface area (Å²) in [7, 11) is -1.27. The minimum absolute atomic E-state index is 0. The maximum Gasteiger partial charge on any atom is 0.213 e. The summed E-state index contributed by atoms with van der Waals surface area (Å²) in [5.74, 6) is 2.20. The number of piperidine rings is 1. The Balaban J connectivity index is 0.00000484. The highest BCUT2D eigenvalue weighted by Gasteiger charge is 2.26. The monoisotopic (exact) mass is 478 g/mol. The molecule has 1 aliphatic rings. The molecule has 0 bridgehead atoms. The number of hydrogen-bond acceptors (Lipinski definition) is 4. The predicted octanol–water partition coefficient (Wildman–Crippen LogP) is 1.73. The molecular weight excluding hydrogens is 447 g/mol. The fourth-order valence-corrected chi connectivity index (χ4v) is 4.05. The van der Waals surface area contributed by atoms with Gasteiger partial charge in [0, 0.05) is 32.7 Å². The Morgan fingerprint density at radius 3 is 2.48 bits per heavy atom. The Labute approximate surface area is 162 Å². The zero-order valence-electron chi connectivity index (χ0n) is 14.4. The first-order chi connectivity index (χ1) is 10.5. The third-order valence-corrected chi connectivity index (χ3v) is 6.42. The van der Waals surface area contributed by atoms with Gasteiger partial charge >= 0.3 is 0 Å². The third kappa shape index (κ3) is 8.78. The van der Waals surface area contributed by atoms with Crippen molar-refractivity contribution in [2.45, 2.75) is 38.6 Å². The second-order valence-electron chi connectivity index (χ2n) is 5.42. The van der Waals surface area contributed by atoms with Gasteiger partial charge in [-0.25, -0.2) is 12.7 Å². The summed E-state index contributed by atoms with van der Waals surface area (Å²) in [4.78, 5) is 4.24. The predicted molar refractivity (Wildman–Crippen MR) is 112 cm³/mol. The second kappa shape index (κ2) is 12.6. The van der Waals surface area contributed by atoms with Crippen molar-refractivity contribution in [3.05, 3.63) is 0 Å². The highest BCUT2D eigenvalue weighted by molar-refractivity contribution is 14.0. The zero-order chi connectivity index (χ0) is 16.4. The lowest BCUT2D eigenvalue weighted by atomic mass is 10.1. The fraction of sp³-hybridized carbons (Fsp3) is 0.929. The van der Waals surface area contributed by atoms with Crippen LogP contribution < -0.4 is 10.6 Å². The van der Waals surface area contributed by atoms with Crippen LogP contribution in [0.15, 0.2) is 4.99 Å². The maximum atomic E-state index is 11.8. The molecule has 1 fully saturated rings. The van der Waals surface area contributed by atoms with Crippen molar-refractivity contribution < 1.29 is 8.42 Å². The molecule has 1 saturated heterocycles. The van der Waals surface area contributed by atoms with Gasteiger partial charge in [0.1, 0.15) is 0 Å². The first-order valence-corrected chi connectivity index (χ1v) is 11.0. The van der Waals surface area contributed by atoms with Crippen LogP contribution in [-0.2, 0) is 10.0 Å². The number of hydrogen-bond donors (Lipinski definition) is 2.